The van der Waals surface area contributed by atoms with Crippen LogP contribution in [0.1, 0.15) is 29.9 Å². The molecule has 116 valence electrons. The van der Waals surface area contributed by atoms with Gasteiger partial charge in [-0.15, -0.1) is 0 Å². The molecule has 0 spiro atoms. The molecule has 1 amide bonds. The van der Waals surface area contributed by atoms with Crippen molar-refractivity contribution in [3.63, 3.8) is 0 Å². The van der Waals surface area contributed by atoms with Gasteiger partial charge in [-0.05, 0) is 25.5 Å². The maximum Gasteiger partial charge on any atom is 0.257 e. The Morgan fingerprint density at radius 2 is 2.14 bits per heavy atom. The summed E-state index contributed by atoms with van der Waals surface area (Å²) in [5.74, 6) is 0.0902. The van der Waals surface area contributed by atoms with Crippen LogP contribution in [0.4, 0.5) is 0 Å². The van der Waals surface area contributed by atoms with Crippen LogP contribution in [0.15, 0.2) is 36.5 Å². The van der Waals surface area contributed by atoms with E-state index in [1.54, 1.807) is 6.20 Å². The highest BCUT2D eigenvalue weighted by Gasteiger charge is 2.25. The number of nitrogens with one attached hydrogen (secondary N) is 1. The highest BCUT2D eigenvalue weighted by molar-refractivity contribution is 5.95. The summed E-state index contributed by atoms with van der Waals surface area (Å²) in [4.78, 5) is 14.7. The Morgan fingerprint density at radius 1 is 1.36 bits per heavy atom. The minimum absolute atomic E-state index is 0.0902. The highest BCUT2D eigenvalue weighted by atomic mass is 16.2. The van der Waals surface area contributed by atoms with Crippen molar-refractivity contribution in [3.05, 3.63) is 47.8 Å². The molecular weight excluding hydrogens is 276 g/mol. The van der Waals surface area contributed by atoms with Gasteiger partial charge in [-0.1, -0.05) is 25.1 Å². The Hall–Kier alpha value is -2.14. The third kappa shape index (κ3) is 2.76. The number of rotatable bonds is 3. The number of carbonyl (C=O) groups is 1. The van der Waals surface area contributed by atoms with Gasteiger partial charge in [0.1, 0.15) is 0 Å². The van der Waals surface area contributed by atoms with Gasteiger partial charge in [-0.3, -0.25) is 4.79 Å². The Morgan fingerprint density at radius 3 is 2.82 bits per heavy atom. The number of aromatic nitrogens is 2. The second-order valence-corrected chi connectivity index (χ2v) is 5.71. The molecule has 0 aliphatic carbocycles. The van der Waals surface area contributed by atoms with Gasteiger partial charge in [0.25, 0.3) is 5.91 Å². The second kappa shape index (κ2) is 6.32. The molecule has 1 atom stereocenters. The number of para-hydroxylation sites is 1. The van der Waals surface area contributed by atoms with Gasteiger partial charge < -0.3 is 10.2 Å². The van der Waals surface area contributed by atoms with Crippen LogP contribution in [-0.4, -0.2) is 46.3 Å². The van der Waals surface area contributed by atoms with Crippen molar-refractivity contribution in [2.45, 2.75) is 26.3 Å². The Bertz CT molecular complexity index is 650. The molecule has 0 bridgehead atoms. The number of amides is 1. The maximum absolute atomic E-state index is 12.8. The predicted octanol–water partition coefficient (Wildman–Crippen LogP) is 1.87. The molecule has 3 rings (SSSR count). The van der Waals surface area contributed by atoms with Crippen LogP contribution in [0.25, 0.3) is 5.69 Å². The van der Waals surface area contributed by atoms with E-state index in [1.165, 1.54) is 0 Å². The summed E-state index contributed by atoms with van der Waals surface area (Å²) in [5.41, 5.74) is 2.69. The number of carbonyl (C=O) groups excluding carboxylic acids is 1. The molecule has 1 fully saturated rings. The molecule has 2 aromatic rings. The van der Waals surface area contributed by atoms with E-state index >= 15 is 0 Å². The normalized spacial score (nSPS) is 18.5. The zero-order valence-corrected chi connectivity index (χ0v) is 13.1. The zero-order chi connectivity index (χ0) is 15.5. The molecule has 2 heterocycles. The van der Waals surface area contributed by atoms with Crippen molar-refractivity contribution in [1.29, 1.82) is 0 Å². The number of hydrogen-bond acceptors (Lipinski definition) is 3. The van der Waals surface area contributed by atoms with Crippen LogP contribution in [0.2, 0.25) is 0 Å². The lowest BCUT2D eigenvalue weighted by Gasteiger charge is -2.31. The monoisotopic (exact) mass is 298 g/mol. The van der Waals surface area contributed by atoms with Crippen LogP contribution in [0.5, 0.6) is 0 Å². The molecule has 5 heteroatoms. The lowest BCUT2D eigenvalue weighted by atomic mass is 10.1. The van der Waals surface area contributed by atoms with Gasteiger partial charge in [0.05, 0.1) is 23.1 Å². The van der Waals surface area contributed by atoms with Gasteiger partial charge in [0.15, 0.2) is 0 Å². The van der Waals surface area contributed by atoms with Crippen LogP contribution in [0, 0.1) is 0 Å². The molecule has 1 N–H and O–H groups in total. The summed E-state index contributed by atoms with van der Waals surface area (Å²) >= 11 is 0. The Balaban J connectivity index is 1.91. The Labute approximate surface area is 130 Å². The molecule has 0 saturated carbocycles. The quantitative estimate of drug-likeness (QED) is 0.941. The average molecular weight is 298 g/mol. The summed E-state index contributed by atoms with van der Waals surface area (Å²) in [6, 6.07) is 10.3. The first-order valence-corrected chi connectivity index (χ1v) is 7.85. The lowest BCUT2D eigenvalue weighted by molar-refractivity contribution is 0.0708. The molecule has 1 aliphatic rings. The average Bonchev–Trinajstić information content (AvgIpc) is 2.98. The van der Waals surface area contributed by atoms with Crippen molar-refractivity contribution in [2.75, 3.05) is 19.6 Å². The fraction of sp³-hybridized carbons (Fsp3) is 0.412. The van der Waals surface area contributed by atoms with E-state index in [4.69, 9.17) is 0 Å². The summed E-state index contributed by atoms with van der Waals surface area (Å²) in [6.07, 6.45) is 2.48. The predicted molar refractivity (Wildman–Crippen MR) is 86.3 cm³/mol. The Kier molecular flexibility index (Phi) is 4.24. The van der Waals surface area contributed by atoms with E-state index < -0.39 is 0 Å². The van der Waals surface area contributed by atoms with Crippen molar-refractivity contribution in [2.24, 2.45) is 0 Å². The standard InChI is InChI=1S/C17H22N4O/c1-3-16-15(17(22)20-10-9-18-13(2)12-20)11-19-21(16)14-7-5-4-6-8-14/h4-8,11,13,18H,3,9-10,12H2,1-2H3/t13-/m0/s1. The van der Waals surface area contributed by atoms with E-state index in [9.17, 15) is 4.79 Å². The second-order valence-electron chi connectivity index (χ2n) is 5.71. The number of hydrogen-bond donors (Lipinski definition) is 1. The minimum Gasteiger partial charge on any atom is -0.336 e. The van der Waals surface area contributed by atoms with Gasteiger partial charge in [0.2, 0.25) is 0 Å². The first-order valence-electron chi connectivity index (χ1n) is 7.85. The molecular formula is C17H22N4O. The van der Waals surface area contributed by atoms with Crippen molar-refractivity contribution in [1.82, 2.24) is 20.0 Å². The number of nitrogens with zero attached hydrogens (tertiary/aromatic N) is 3. The molecule has 0 radical (unpaired) electrons. The summed E-state index contributed by atoms with van der Waals surface area (Å²) in [6.45, 7) is 6.52. The molecule has 1 saturated heterocycles. The first-order chi connectivity index (χ1) is 10.7. The van der Waals surface area contributed by atoms with E-state index in [0.29, 0.717) is 6.04 Å². The van der Waals surface area contributed by atoms with Gasteiger partial charge in [0, 0.05) is 25.7 Å². The van der Waals surface area contributed by atoms with Crippen molar-refractivity contribution < 1.29 is 4.79 Å². The zero-order valence-electron chi connectivity index (χ0n) is 13.1. The molecule has 0 unspecified atom stereocenters. The van der Waals surface area contributed by atoms with Crippen LogP contribution >= 0.6 is 0 Å². The third-order valence-corrected chi connectivity index (χ3v) is 4.09. The van der Waals surface area contributed by atoms with Crippen LogP contribution in [-0.2, 0) is 6.42 Å². The number of benzene rings is 1. The van der Waals surface area contributed by atoms with Crippen LogP contribution in [0.3, 0.4) is 0 Å². The first kappa shape index (κ1) is 14.8. The van der Waals surface area contributed by atoms with Gasteiger partial charge in [-0.25, -0.2) is 4.68 Å². The van der Waals surface area contributed by atoms with Crippen LogP contribution < -0.4 is 5.32 Å². The summed E-state index contributed by atoms with van der Waals surface area (Å²) in [7, 11) is 0. The van der Waals surface area contributed by atoms with Gasteiger partial charge in [-0.2, -0.15) is 5.10 Å². The summed E-state index contributed by atoms with van der Waals surface area (Å²) < 4.78 is 1.87. The smallest absolute Gasteiger partial charge is 0.257 e. The van der Waals surface area contributed by atoms with E-state index in [2.05, 4.69) is 24.3 Å². The maximum atomic E-state index is 12.8. The lowest BCUT2D eigenvalue weighted by Crippen LogP contribution is -2.51. The van der Waals surface area contributed by atoms with Gasteiger partial charge >= 0.3 is 0 Å². The highest BCUT2D eigenvalue weighted by Crippen LogP contribution is 2.18. The molecule has 22 heavy (non-hydrogen) atoms. The SMILES string of the molecule is CCc1c(C(=O)N2CCN[C@@H](C)C2)cnn1-c1ccccc1. The van der Waals surface area contributed by atoms with E-state index in [1.807, 2.05) is 39.9 Å². The van der Waals surface area contributed by atoms with Crippen molar-refractivity contribution >= 4 is 5.91 Å². The van der Waals surface area contributed by atoms with E-state index in [0.717, 1.165) is 43.0 Å². The topological polar surface area (TPSA) is 50.2 Å². The fourth-order valence-electron chi connectivity index (χ4n) is 2.97. The molecule has 1 aliphatic heterocycles. The van der Waals surface area contributed by atoms with Crippen molar-refractivity contribution in [3.8, 4) is 5.69 Å². The third-order valence-electron chi connectivity index (χ3n) is 4.09. The molecule has 1 aromatic heterocycles. The summed E-state index contributed by atoms with van der Waals surface area (Å²) in [5, 5.41) is 7.81. The minimum atomic E-state index is 0.0902. The molecule has 5 nitrogen and oxygen atoms in total. The largest absolute Gasteiger partial charge is 0.336 e. The fourth-order valence-corrected chi connectivity index (χ4v) is 2.97. The molecule has 1 aromatic carbocycles. The van der Waals surface area contributed by atoms with E-state index in [-0.39, 0.29) is 5.91 Å². The number of piperazine rings is 1.